The van der Waals surface area contributed by atoms with Crippen molar-refractivity contribution in [1.29, 1.82) is 0 Å². The second-order valence-corrected chi connectivity index (χ2v) is 7.87. The van der Waals surface area contributed by atoms with E-state index in [4.69, 9.17) is 16.3 Å². The zero-order chi connectivity index (χ0) is 18.6. The Morgan fingerprint density at radius 1 is 1.30 bits per heavy atom. The molecule has 3 aromatic rings. The van der Waals surface area contributed by atoms with Gasteiger partial charge in [0, 0.05) is 18.7 Å². The molecule has 0 bridgehead atoms. The summed E-state index contributed by atoms with van der Waals surface area (Å²) in [5, 5.41) is 7.39. The first-order chi connectivity index (χ1) is 13.2. The number of pyridine rings is 1. The average molecular weight is 403 g/mol. The molecule has 1 aliphatic rings. The van der Waals surface area contributed by atoms with E-state index in [0.29, 0.717) is 28.2 Å². The molecule has 1 amide bonds. The first kappa shape index (κ1) is 18.2. The van der Waals surface area contributed by atoms with Gasteiger partial charge in [0.2, 0.25) is 5.91 Å². The van der Waals surface area contributed by atoms with Crippen LogP contribution in [0, 0.1) is 5.92 Å². The third-order valence-corrected chi connectivity index (χ3v) is 5.58. The summed E-state index contributed by atoms with van der Waals surface area (Å²) in [6.07, 6.45) is 3.38. The Morgan fingerprint density at radius 3 is 2.85 bits per heavy atom. The van der Waals surface area contributed by atoms with Gasteiger partial charge in [-0.3, -0.25) is 4.79 Å². The van der Waals surface area contributed by atoms with Crippen molar-refractivity contribution in [3.05, 3.63) is 47.1 Å². The number of nitrogens with zero attached hydrogens (tertiary/aromatic N) is 2. The van der Waals surface area contributed by atoms with E-state index >= 15 is 0 Å². The van der Waals surface area contributed by atoms with Gasteiger partial charge in [-0.25, -0.2) is 4.98 Å². The molecule has 27 heavy (non-hydrogen) atoms. The third kappa shape index (κ3) is 4.55. The van der Waals surface area contributed by atoms with Crippen LogP contribution in [0.25, 0.3) is 10.3 Å². The topological polar surface area (TPSA) is 76.1 Å². The van der Waals surface area contributed by atoms with Gasteiger partial charge in [0.25, 0.3) is 5.19 Å². The molecule has 0 spiro atoms. The number of carbonyl (C=O) groups excluding carboxylic acids is 1. The first-order valence-electron chi connectivity index (χ1n) is 8.85. The summed E-state index contributed by atoms with van der Waals surface area (Å²) < 4.78 is 6.69. The van der Waals surface area contributed by atoms with E-state index in [0.717, 1.165) is 36.2 Å². The number of fused-ring (bicyclic) bond motifs is 1. The van der Waals surface area contributed by atoms with Crippen LogP contribution in [0.4, 0.5) is 0 Å². The van der Waals surface area contributed by atoms with E-state index in [9.17, 15) is 4.79 Å². The second kappa shape index (κ2) is 8.21. The molecule has 1 fully saturated rings. The van der Waals surface area contributed by atoms with Crippen molar-refractivity contribution >= 4 is 39.2 Å². The van der Waals surface area contributed by atoms with Crippen molar-refractivity contribution in [3.63, 3.8) is 0 Å². The highest BCUT2D eigenvalue weighted by atomic mass is 35.5. The third-order valence-electron chi connectivity index (χ3n) is 4.50. The molecule has 0 atom stereocenters. The summed E-state index contributed by atoms with van der Waals surface area (Å²) in [4.78, 5) is 20.7. The normalized spacial score (nSPS) is 15.0. The molecule has 2 N–H and O–H groups in total. The number of aromatic nitrogens is 2. The maximum Gasteiger partial charge on any atom is 0.281 e. The molecule has 8 heteroatoms. The lowest BCUT2D eigenvalue weighted by Gasteiger charge is -2.21. The minimum absolute atomic E-state index is 0.120. The molecule has 0 radical (unpaired) electrons. The maximum atomic E-state index is 12.2. The van der Waals surface area contributed by atoms with Crippen LogP contribution >= 0.6 is 22.9 Å². The molecule has 2 aromatic heterocycles. The number of thiazole rings is 1. The number of halogens is 1. The molecular formula is C19H19ClN4O2S. The number of rotatable bonds is 5. The van der Waals surface area contributed by atoms with Gasteiger partial charge < -0.3 is 15.4 Å². The zero-order valence-corrected chi connectivity index (χ0v) is 16.1. The van der Waals surface area contributed by atoms with Crippen LogP contribution in [0.2, 0.25) is 5.02 Å². The predicted octanol–water partition coefficient (Wildman–Crippen LogP) is 3.75. The van der Waals surface area contributed by atoms with Gasteiger partial charge in [-0.15, -0.1) is 0 Å². The van der Waals surface area contributed by atoms with Crippen LogP contribution in [0.15, 0.2) is 36.5 Å². The maximum absolute atomic E-state index is 12.2. The summed E-state index contributed by atoms with van der Waals surface area (Å²) in [7, 11) is 0. The summed E-state index contributed by atoms with van der Waals surface area (Å²) in [6, 6.07) is 9.46. The highest BCUT2D eigenvalue weighted by Crippen LogP contribution is 2.31. The van der Waals surface area contributed by atoms with Gasteiger partial charge in [0.1, 0.15) is 5.75 Å². The van der Waals surface area contributed by atoms with Crippen LogP contribution in [0.3, 0.4) is 0 Å². The van der Waals surface area contributed by atoms with Crippen molar-refractivity contribution in [2.24, 2.45) is 5.92 Å². The van der Waals surface area contributed by atoms with E-state index < -0.39 is 0 Å². The van der Waals surface area contributed by atoms with Gasteiger partial charge in [-0.05, 0) is 49.7 Å². The highest BCUT2D eigenvalue weighted by molar-refractivity contribution is 7.20. The van der Waals surface area contributed by atoms with Crippen LogP contribution in [0.5, 0.6) is 10.9 Å². The fraction of sp³-hybridized carbons (Fsp3) is 0.316. The molecule has 3 heterocycles. The number of piperidine rings is 1. The van der Waals surface area contributed by atoms with Gasteiger partial charge >= 0.3 is 0 Å². The van der Waals surface area contributed by atoms with Crippen molar-refractivity contribution in [1.82, 2.24) is 20.6 Å². The quantitative estimate of drug-likeness (QED) is 0.679. The molecule has 0 unspecified atom stereocenters. The number of hydrogen-bond acceptors (Lipinski definition) is 6. The van der Waals surface area contributed by atoms with Crippen LogP contribution < -0.4 is 15.4 Å². The van der Waals surface area contributed by atoms with E-state index in [1.165, 1.54) is 11.3 Å². The number of amides is 1. The standard InChI is InChI=1S/C19H19ClN4O2S/c20-14-9-16-17(22-11-14)24-19(27-16)26-15-3-1-12(2-4-15)10-23-18(25)13-5-7-21-8-6-13/h1-4,9,11,13,21H,5-8,10H2,(H,23,25). The lowest BCUT2D eigenvalue weighted by Crippen LogP contribution is -2.37. The van der Waals surface area contributed by atoms with E-state index in [-0.39, 0.29) is 11.8 Å². The zero-order valence-electron chi connectivity index (χ0n) is 14.6. The summed E-state index contributed by atoms with van der Waals surface area (Å²) >= 11 is 7.35. The molecule has 140 valence electrons. The van der Waals surface area contributed by atoms with Gasteiger partial charge in [0.15, 0.2) is 5.65 Å². The van der Waals surface area contributed by atoms with Crippen molar-refractivity contribution < 1.29 is 9.53 Å². The number of carbonyl (C=O) groups is 1. The Labute approximate surface area is 165 Å². The van der Waals surface area contributed by atoms with Gasteiger partial charge in [0.05, 0.1) is 9.72 Å². The number of nitrogens with one attached hydrogen (secondary N) is 2. The van der Waals surface area contributed by atoms with E-state index in [1.807, 2.05) is 30.3 Å². The second-order valence-electron chi connectivity index (χ2n) is 6.44. The van der Waals surface area contributed by atoms with E-state index in [2.05, 4.69) is 20.6 Å². The van der Waals surface area contributed by atoms with Crippen molar-refractivity contribution in [3.8, 4) is 10.9 Å². The fourth-order valence-corrected chi connectivity index (χ4v) is 4.07. The number of hydrogen-bond donors (Lipinski definition) is 2. The minimum atomic E-state index is 0.120. The first-order valence-corrected chi connectivity index (χ1v) is 10.0. The van der Waals surface area contributed by atoms with Crippen LogP contribution in [-0.4, -0.2) is 29.0 Å². The van der Waals surface area contributed by atoms with Crippen LogP contribution in [0.1, 0.15) is 18.4 Å². The predicted molar refractivity (Wildman–Crippen MR) is 106 cm³/mol. The summed E-state index contributed by atoms with van der Waals surface area (Å²) in [5.41, 5.74) is 1.65. The largest absolute Gasteiger partial charge is 0.431 e. The molecule has 0 aliphatic carbocycles. The summed E-state index contributed by atoms with van der Waals surface area (Å²) in [5.74, 6) is 0.945. The average Bonchev–Trinajstić information content (AvgIpc) is 3.09. The molecule has 0 saturated carbocycles. The molecule has 4 rings (SSSR count). The molecule has 1 saturated heterocycles. The minimum Gasteiger partial charge on any atom is -0.431 e. The Morgan fingerprint density at radius 2 is 2.07 bits per heavy atom. The Bertz CT molecular complexity index is 939. The Hall–Kier alpha value is -2.22. The van der Waals surface area contributed by atoms with Crippen molar-refractivity contribution in [2.45, 2.75) is 19.4 Å². The molecule has 1 aliphatic heterocycles. The SMILES string of the molecule is O=C(NCc1ccc(Oc2nc3ncc(Cl)cc3s2)cc1)C1CCNCC1. The smallest absolute Gasteiger partial charge is 0.281 e. The number of ether oxygens (including phenoxy) is 1. The fourth-order valence-electron chi connectivity index (χ4n) is 3.01. The lowest BCUT2D eigenvalue weighted by atomic mass is 9.97. The van der Waals surface area contributed by atoms with Crippen molar-refractivity contribution in [2.75, 3.05) is 13.1 Å². The monoisotopic (exact) mass is 402 g/mol. The van der Waals surface area contributed by atoms with Crippen LogP contribution in [-0.2, 0) is 11.3 Å². The van der Waals surface area contributed by atoms with E-state index in [1.54, 1.807) is 6.20 Å². The molecular weight excluding hydrogens is 384 g/mol. The Kier molecular flexibility index (Phi) is 5.52. The highest BCUT2D eigenvalue weighted by Gasteiger charge is 2.20. The van der Waals surface area contributed by atoms with Gasteiger partial charge in [-0.2, -0.15) is 4.98 Å². The molecule has 6 nitrogen and oxygen atoms in total. The molecule has 1 aromatic carbocycles. The van der Waals surface area contributed by atoms with Gasteiger partial charge in [-0.1, -0.05) is 35.1 Å². The lowest BCUT2D eigenvalue weighted by molar-refractivity contribution is -0.125. The number of benzene rings is 1. The summed E-state index contributed by atoms with van der Waals surface area (Å²) in [6.45, 7) is 2.35. The Balaban J connectivity index is 1.34.